The Bertz CT molecular complexity index is 658. The summed E-state index contributed by atoms with van der Waals surface area (Å²) in [4.78, 5) is 20.5. The molecule has 2 rings (SSSR count). The van der Waals surface area contributed by atoms with E-state index in [1.807, 2.05) is 38.1 Å². The lowest BCUT2D eigenvalue weighted by Gasteiger charge is -2.11. The van der Waals surface area contributed by atoms with E-state index in [2.05, 4.69) is 36.5 Å². The van der Waals surface area contributed by atoms with Crippen LogP contribution in [0.1, 0.15) is 30.2 Å². The van der Waals surface area contributed by atoms with E-state index in [4.69, 9.17) is 0 Å². The van der Waals surface area contributed by atoms with Gasteiger partial charge in [0.05, 0.1) is 5.69 Å². The minimum absolute atomic E-state index is 0.0625. The molecule has 1 aromatic heterocycles. The topological polar surface area (TPSA) is 66.9 Å². The van der Waals surface area contributed by atoms with E-state index in [9.17, 15) is 4.79 Å². The van der Waals surface area contributed by atoms with Crippen LogP contribution in [-0.2, 0) is 0 Å². The van der Waals surface area contributed by atoms with Crippen LogP contribution < -0.4 is 10.6 Å². The van der Waals surface area contributed by atoms with Crippen LogP contribution in [0.3, 0.4) is 0 Å². The Labute approximate surface area is 132 Å². The fraction of sp³-hybridized carbons (Fsp3) is 0.267. The summed E-state index contributed by atoms with van der Waals surface area (Å²) in [6.45, 7) is 5.58. The summed E-state index contributed by atoms with van der Waals surface area (Å²) in [6, 6.07) is 9.42. The number of anilines is 2. The average Bonchev–Trinajstić information content (AvgIpc) is 2.40. The molecule has 0 saturated carbocycles. The fourth-order valence-corrected chi connectivity index (χ4v) is 2.17. The molecule has 21 heavy (non-hydrogen) atoms. The number of halogens is 1. The Balaban J connectivity index is 2.27. The Hall–Kier alpha value is -1.95. The monoisotopic (exact) mass is 348 g/mol. The van der Waals surface area contributed by atoms with Gasteiger partial charge >= 0.3 is 0 Å². The van der Waals surface area contributed by atoms with Gasteiger partial charge in [0, 0.05) is 16.6 Å². The van der Waals surface area contributed by atoms with Crippen LogP contribution in [0.25, 0.3) is 0 Å². The van der Waals surface area contributed by atoms with Crippen molar-refractivity contribution in [3.05, 3.63) is 46.3 Å². The van der Waals surface area contributed by atoms with Crippen LogP contribution in [0.5, 0.6) is 0 Å². The Morgan fingerprint density at radius 1 is 1.24 bits per heavy atom. The van der Waals surface area contributed by atoms with E-state index < -0.39 is 0 Å². The van der Waals surface area contributed by atoms with Crippen molar-refractivity contribution in [1.29, 1.82) is 0 Å². The van der Waals surface area contributed by atoms with Crippen molar-refractivity contribution in [2.75, 3.05) is 5.32 Å². The second kappa shape index (κ2) is 6.67. The second-order valence-electron chi connectivity index (χ2n) is 4.92. The van der Waals surface area contributed by atoms with E-state index in [1.165, 1.54) is 0 Å². The van der Waals surface area contributed by atoms with E-state index in [-0.39, 0.29) is 11.9 Å². The van der Waals surface area contributed by atoms with Crippen LogP contribution >= 0.6 is 15.9 Å². The number of hydrogen-bond donors (Lipinski definition) is 2. The molecule has 2 N–H and O–H groups in total. The number of amides is 1. The molecule has 0 radical (unpaired) electrons. The smallest absolute Gasteiger partial charge is 0.270 e. The highest BCUT2D eigenvalue weighted by Crippen LogP contribution is 2.24. The summed E-state index contributed by atoms with van der Waals surface area (Å²) in [5.74, 6) is 0.926. The van der Waals surface area contributed by atoms with Crippen molar-refractivity contribution in [3.8, 4) is 0 Å². The van der Waals surface area contributed by atoms with Crippen LogP contribution in [0.2, 0.25) is 0 Å². The number of hydrogen-bond acceptors (Lipinski definition) is 4. The lowest BCUT2D eigenvalue weighted by atomic mass is 10.3. The van der Waals surface area contributed by atoms with Crippen LogP contribution in [0.4, 0.5) is 11.5 Å². The lowest BCUT2D eigenvalue weighted by molar-refractivity contribution is 0.0937. The molecule has 0 aliphatic heterocycles. The summed E-state index contributed by atoms with van der Waals surface area (Å²) in [7, 11) is 0. The number of benzene rings is 1. The zero-order chi connectivity index (χ0) is 15.4. The number of para-hydroxylation sites is 1. The predicted molar refractivity (Wildman–Crippen MR) is 86.8 cm³/mol. The molecule has 1 amide bonds. The molecule has 0 saturated heterocycles. The van der Waals surface area contributed by atoms with Gasteiger partial charge in [-0.3, -0.25) is 4.79 Å². The zero-order valence-electron chi connectivity index (χ0n) is 12.1. The maximum absolute atomic E-state index is 12.0. The zero-order valence-corrected chi connectivity index (χ0v) is 13.7. The highest BCUT2D eigenvalue weighted by Gasteiger charge is 2.12. The first kappa shape index (κ1) is 15.4. The normalized spacial score (nSPS) is 10.5. The van der Waals surface area contributed by atoms with Crippen molar-refractivity contribution in [2.45, 2.75) is 26.8 Å². The molecule has 1 heterocycles. The van der Waals surface area contributed by atoms with Gasteiger partial charge in [0.2, 0.25) is 0 Å². The maximum Gasteiger partial charge on any atom is 0.270 e. The highest BCUT2D eigenvalue weighted by atomic mass is 79.9. The third kappa shape index (κ3) is 4.26. The van der Waals surface area contributed by atoms with Gasteiger partial charge < -0.3 is 10.6 Å². The molecule has 0 bridgehead atoms. The Morgan fingerprint density at radius 2 is 1.95 bits per heavy atom. The van der Waals surface area contributed by atoms with Gasteiger partial charge in [-0.05, 0) is 48.8 Å². The van der Waals surface area contributed by atoms with Crippen LogP contribution in [-0.4, -0.2) is 21.9 Å². The van der Waals surface area contributed by atoms with Gasteiger partial charge in [-0.1, -0.05) is 12.1 Å². The molecular weight excluding hydrogens is 332 g/mol. The van der Waals surface area contributed by atoms with Crippen LogP contribution in [0.15, 0.2) is 34.8 Å². The van der Waals surface area contributed by atoms with Crippen LogP contribution in [0, 0.1) is 6.92 Å². The summed E-state index contributed by atoms with van der Waals surface area (Å²) < 4.78 is 0.925. The molecule has 6 heteroatoms. The van der Waals surface area contributed by atoms with Crippen molar-refractivity contribution in [1.82, 2.24) is 15.3 Å². The highest BCUT2D eigenvalue weighted by molar-refractivity contribution is 9.10. The summed E-state index contributed by atoms with van der Waals surface area (Å²) in [5.41, 5.74) is 1.23. The molecule has 2 aromatic rings. The molecule has 0 aliphatic rings. The third-order valence-corrected chi connectivity index (χ3v) is 3.32. The lowest BCUT2D eigenvalue weighted by Crippen LogP contribution is -2.31. The SMILES string of the molecule is Cc1nc(Nc2ccccc2Br)cc(C(=O)NC(C)C)n1. The van der Waals surface area contributed by atoms with Crippen molar-refractivity contribution < 1.29 is 4.79 Å². The molecule has 110 valence electrons. The standard InChI is InChI=1S/C15H17BrN4O/c1-9(2)17-15(21)13-8-14(19-10(3)18-13)20-12-7-5-4-6-11(12)16/h4-9H,1-3H3,(H,17,21)(H,18,19,20). The Morgan fingerprint density at radius 3 is 2.62 bits per heavy atom. The second-order valence-corrected chi connectivity index (χ2v) is 5.77. The number of aryl methyl sites for hydroxylation is 1. The third-order valence-electron chi connectivity index (χ3n) is 2.63. The number of carbonyl (C=O) groups excluding carboxylic acids is 1. The van der Waals surface area contributed by atoms with Gasteiger partial charge in [0.1, 0.15) is 17.3 Å². The van der Waals surface area contributed by atoms with Crippen molar-refractivity contribution in [2.24, 2.45) is 0 Å². The molecule has 0 fully saturated rings. The number of aromatic nitrogens is 2. The van der Waals surface area contributed by atoms with Gasteiger partial charge in [-0.25, -0.2) is 9.97 Å². The predicted octanol–water partition coefficient (Wildman–Crippen LogP) is 3.43. The molecule has 0 unspecified atom stereocenters. The van der Waals surface area contributed by atoms with Gasteiger partial charge in [-0.15, -0.1) is 0 Å². The fourth-order valence-electron chi connectivity index (χ4n) is 1.78. The number of nitrogens with zero attached hydrogens (tertiary/aromatic N) is 2. The van der Waals surface area contributed by atoms with E-state index in [0.717, 1.165) is 10.2 Å². The number of nitrogens with one attached hydrogen (secondary N) is 2. The van der Waals surface area contributed by atoms with Crippen molar-refractivity contribution in [3.63, 3.8) is 0 Å². The van der Waals surface area contributed by atoms with Crippen molar-refractivity contribution >= 4 is 33.3 Å². The number of carbonyl (C=O) groups is 1. The molecule has 0 spiro atoms. The average molecular weight is 349 g/mol. The van der Waals surface area contributed by atoms with Gasteiger partial charge in [-0.2, -0.15) is 0 Å². The quantitative estimate of drug-likeness (QED) is 0.888. The Kier molecular flexibility index (Phi) is 4.90. The first-order valence-corrected chi connectivity index (χ1v) is 7.43. The summed E-state index contributed by atoms with van der Waals surface area (Å²) in [6.07, 6.45) is 0. The minimum Gasteiger partial charge on any atom is -0.349 e. The largest absolute Gasteiger partial charge is 0.349 e. The van der Waals surface area contributed by atoms with E-state index >= 15 is 0 Å². The van der Waals surface area contributed by atoms with E-state index in [0.29, 0.717) is 17.3 Å². The maximum atomic E-state index is 12.0. The van der Waals surface area contributed by atoms with Gasteiger partial charge in [0.25, 0.3) is 5.91 Å². The molecule has 5 nitrogen and oxygen atoms in total. The molecule has 0 atom stereocenters. The van der Waals surface area contributed by atoms with Gasteiger partial charge in [0.15, 0.2) is 0 Å². The first-order valence-electron chi connectivity index (χ1n) is 6.64. The first-order chi connectivity index (χ1) is 9.95. The minimum atomic E-state index is -0.203. The number of rotatable bonds is 4. The molecule has 1 aromatic carbocycles. The van der Waals surface area contributed by atoms with E-state index in [1.54, 1.807) is 13.0 Å². The summed E-state index contributed by atoms with van der Waals surface area (Å²) >= 11 is 3.47. The molecular formula is C15H17BrN4O. The molecule has 0 aliphatic carbocycles. The summed E-state index contributed by atoms with van der Waals surface area (Å²) in [5, 5.41) is 6.01.